The van der Waals surface area contributed by atoms with E-state index in [1.54, 1.807) is 6.26 Å². The van der Waals surface area contributed by atoms with E-state index in [4.69, 9.17) is 13.7 Å². The summed E-state index contributed by atoms with van der Waals surface area (Å²) in [6.07, 6.45) is 5.68. The molecule has 0 unspecified atom stereocenters. The van der Waals surface area contributed by atoms with Crippen LogP contribution in [-0.2, 0) is 31.7 Å². The van der Waals surface area contributed by atoms with Crippen molar-refractivity contribution in [3.8, 4) is 0 Å². The Hall–Kier alpha value is -2.58. The molecule has 39 heavy (non-hydrogen) atoms. The minimum absolute atomic E-state index is 0.0484. The normalized spacial score (nSPS) is 28.4. The van der Waals surface area contributed by atoms with Crippen LogP contribution in [0.5, 0.6) is 0 Å². The summed E-state index contributed by atoms with van der Waals surface area (Å²) >= 11 is 0. The van der Waals surface area contributed by atoms with Crippen LogP contribution in [0.15, 0.2) is 53.1 Å². The van der Waals surface area contributed by atoms with E-state index in [-0.39, 0.29) is 41.3 Å². The highest BCUT2D eigenvalue weighted by Crippen LogP contribution is 2.65. The highest BCUT2D eigenvalue weighted by atomic mass is 16.7. The molecule has 2 heterocycles. The summed E-state index contributed by atoms with van der Waals surface area (Å²) in [5.74, 6) is 1.49. The number of amides is 2. The summed E-state index contributed by atoms with van der Waals surface area (Å²) in [5.41, 5.74) is 0.895. The maximum absolute atomic E-state index is 13.8. The van der Waals surface area contributed by atoms with E-state index >= 15 is 0 Å². The fourth-order valence-electron chi connectivity index (χ4n) is 7.12. The maximum Gasteiger partial charge on any atom is 0.481 e. The minimum atomic E-state index is -0.711. The predicted octanol–water partition coefficient (Wildman–Crippen LogP) is 4.74. The summed E-state index contributed by atoms with van der Waals surface area (Å²) in [6, 6.07) is 12.7. The van der Waals surface area contributed by atoms with E-state index < -0.39 is 13.2 Å². The second kappa shape index (κ2) is 11.1. The summed E-state index contributed by atoms with van der Waals surface area (Å²) in [7, 11) is -0.506. The van der Waals surface area contributed by atoms with E-state index in [9.17, 15) is 9.59 Å². The van der Waals surface area contributed by atoms with Crippen LogP contribution in [0.3, 0.4) is 0 Å². The first kappa shape index (κ1) is 28.0. The second-order valence-corrected chi connectivity index (χ2v) is 13.0. The lowest BCUT2D eigenvalue weighted by molar-refractivity contribution is -0.199. The molecule has 3 aliphatic carbocycles. The number of furan rings is 1. The zero-order chi connectivity index (χ0) is 27.8. The highest BCUT2D eigenvalue weighted by molar-refractivity contribution is 6.48. The quantitative estimate of drug-likeness (QED) is 0.407. The molecule has 8 heteroatoms. The first-order chi connectivity index (χ1) is 18.6. The Morgan fingerprint density at radius 3 is 2.49 bits per heavy atom. The molecule has 1 saturated heterocycles. The molecular formula is C31H43BN2O5. The Morgan fingerprint density at radius 2 is 1.82 bits per heavy atom. The van der Waals surface area contributed by atoms with Crippen molar-refractivity contribution >= 4 is 18.9 Å². The summed E-state index contributed by atoms with van der Waals surface area (Å²) in [6.45, 7) is 11.2. The molecule has 2 aromatic rings. The van der Waals surface area contributed by atoms with Crippen LogP contribution in [0, 0.1) is 23.2 Å². The largest absolute Gasteiger partial charge is 0.481 e. The monoisotopic (exact) mass is 534 g/mol. The van der Waals surface area contributed by atoms with Crippen molar-refractivity contribution in [1.82, 2.24) is 10.6 Å². The van der Waals surface area contributed by atoms with Gasteiger partial charge in [0.2, 0.25) is 11.8 Å². The van der Waals surface area contributed by atoms with Crippen molar-refractivity contribution < 1.29 is 23.3 Å². The molecule has 6 rings (SSSR count). The molecule has 0 spiro atoms. The van der Waals surface area contributed by atoms with Gasteiger partial charge in [-0.25, -0.2) is 0 Å². The van der Waals surface area contributed by atoms with Gasteiger partial charge in [0.05, 0.1) is 23.9 Å². The van der Waals surface area contributed by atoms with E-state index in [2.05, 4.69) is 45.3 Å². The topological polar surface area (TPSA) is 89.8 Å². The smallest absolute Gasteiger partial charge is 0.469 e. The Bertz CT molecular complexity index is 1140. The van der Waals surface area contributed by atoms with Crippen molar-refractivity contribution in [2.45, 2.75) is 96.8 Å². The molecule has 1 aromatic carbocycles. The van der Waals surface area contributed by atoms with Gasteiger partial charge in [0.1, 0.15) is 11.8 Å². The van der Waals surface area contributed by atoms with E-state index in [1.807, 2.05) is 42.5 Å². The Kier molecular flexibility index (Phi) is 7.98. The van der Waals surface area contributed by atoms with Crippen LogP contribution in [0.2, 0.25) is 0 Å². The van der Waals surface area contributed by atoms with Crippen LogP contribution < -0.4 is 10.6 Å². The van der Waals surface area contributed by atoms with E-state index in [0.717, 1.165) is 24.2 Å². The van der Waals surface area contributed by atoms with Gasteiger partial charge in [-0.05, 0) is 67.1 Å². The molecule has 6 atom stereocenters. The standard InChI is InChI=1S/C31H43BN2O5/c1-20(2)16-27(32-38-26-19-22-18-25(30(22,3)4)31(26,5)39-32)34-29(36)24(17-21-10-7-6-8-11-21)33-28(35)14-13-23-12-9-15-37-23/h6-12,15,20,22,24-27H,13-14,16-19H2,1-5H3,(H,33,35)(H,34,36)/t22-,24+,25-,26-,27+,31+/m1/s1. The molecule has 2 amide bonds. The molecule has 3 saturated carbocycles. The molecule has 210 valence electrons. The average molecular weight is 535 g/mol. The third-order valence-electron chi connectivity index (χ3n) is 9.46. The van der Waals surface area contributed by atoms with Gasteiger partial charge in [-0.1, -0.05) is 58.0 Å². The van der Waals surface area contributed by atoms with Crippen LogP contribution in [0.1, 0.15) is 71.6 Å². The van der Waals surface area contributed by atoms with Crippen LogP contribution in [0.4, 0.5) is 0 Å². The molecule has 7 nitrogen and oxygen atoms in total. The van der Waals surface area contributed by atoms with Gasteiger partial charge < -0.3 is 24.4 Å². The van der Waals surface area contributed by atoms with Crippen molar-refractivity contribution in [3.05, 3.63) is 60.1 Å². The highest BCUT2D eigenvalue weighted by Gasteiger charge is 2.68. The van der Waals surface area contributed by atoms with Gasteiger partial charge in [0, 0.05) is 19.3 Å². The fraction of sp³-hybridized carbons (Fsp3) is 0.613. The lowest BCUT2D eigenvalue weighted by Gasteiger charge is -2.64. The third-order valence-corrected chi connectivity index (χ3v) is 9.46. The zero-order valence-electron chi connectivity index (χ0n) is 23.9. The molecule has 2 bridgehead atoms. The van der Waals surface area contributed by atoms with Crippen molar-refractivity contribution in [2.24, 2.45) is 23.2 Å². The lowest BCUT2D eigenvalue weighted by Crippen LogP contribution is -2.65. The van der Waals surface area contributed by atoms with Gasteiger partial charge >= 0.3 is 7.12 Å². The van der Waals surface area contributed by atoms with Crippen LogP contribution in [-0.4, -0.2) is 42.6 Å². The fourth-order valence-corrected chi connectivity index (χ4v) is 7.12. The Balaban J connectivity index is 1.29. The molecule has 1 aromatic heterocycles. The average Bonchev–Trinajstić information content (AvgIpc) is 3.54. The van der Waals surface area contributed by atoms with Crippen molar-refractivity contribution in [3.63, 3.8) is 0 Å². The number of benzene rings is 1. The molecule has 2 N–H and O–H groups in total. The number of nitrogens with one attached hydrogen (secondary N) is 2. The number of hydrogen-bond acceptors (Lipinski definition) is 5. The van der Waals surface area contributed by atoms with Gasteiger partial charge in [0.15, 0.2) is 0 Å². The number of aryl methyl sites for hydroxylation is 1. The van der Waals surface area contributed by atoms with Crippen molar-refractivity contribution in [1.29, 1.82) is 0 Å². The number of rotatable bonds is 11. The summed E-state index contributed by atoms with van der Waals surface area (Å²) < 4.78 is 18.6. The molecule has 4 aliphatic rings. The number of carbonyl (C=O) groups excluding carboxylic acids is 2. The first-order valence-corrected chi connectivity index (χ1v) is 14.6. The third kappa shape index (κ3) is 5.83. The van der Waals surface area contributed by atoms with E-state index in [1.165, 1.54) is 6.42 Å². The summed E-state index contributed by atoms with van der Waals surface area (Å²) in [4.78, 5) is 26.7. The lowest BCUT2D eigenvalue weighted by atomic mass is 9.43. The maximum atomic E-state index is 13.8. The number of carbonyl (C=O) groups is 2. The number of hydrogen-bond donors (Lipinski definition) is 2. The van der Waals surface area contributed by atoms with Crippen LogP contribution >= 0.6 is 0 Å². The molecule has 4 fully saturated rings. The minimum Gasteiger partial charge on any atom is -0.469 e. The van der Waals surface area contributed by atoms with E-state index in [0.29, 0.717) is 30.6 Å². The molecular weight excluding hydrogens is 491 g/mol. The first-order valence-electron chi connectivity index (χ1n) is 14.6. The SMILES string of the molecule is CC(C)C[C@H](NC(=O)[C@H](Cc1ccccc1)NC(=O)CCc1ccco1)B1O[C@@H]2C[C@H]3C[C@H](C3(C)C)[C@]2(C)O1. The van der Waals surface area contributed by atoms with Gasteiger partial charge in [-0.2, -0.15) is 0 Å². The zero-order valence-corrected chi connectivity index (χ0v) is 23.9. The van der Waals surface area contributed by atoms with Crippen LogP contribution in [0.25, 0.3) is 0 Å². The van der Waals surface area contributed by atoms with Gasteiger partial charge in [0.25, 0.3) is 0 Å². The molecule has 1 aliphatic heterocycles. The second-order valence-electron chi connectivity index (χ2n) is 13.0. The van der Waals surface area contributed by atoms with Gasteiger partial charge in [-0.3, -0.25) is 9.59 Å². The van der Waals surface area contributed by atoms with Crippen molar-refractivity contribution in [2.75, 3.05) is 0 Å². The Morgan fingerprint density at radius 1 is 1.05 bits per heavy atom. The van der Waals surface area contributed by atoms with Gasteiger partial charge in [-0.15, -0.1) is 0 Å². The Labute approximate surface area is 232 Å². The molecule has 0 radical (unpaired) electrons. The summed E-state index contributed by atoms with van der Waals surface area (Å²) in [5, 5.41) is 6.22. The predicted molar refractivity (Wildman–Crippen MR) is 151 cm³/mol.